The van der Waals surface area contributed by atoms with Gasteiger partial charge in [0.15, 0.2) is 0 Å². The average Bonchev–Trinajstić information content (AvgIpc) is 2.41. The molecule has 1 heterocycles. The number of ether oxygens (including phenoxy) is 1. The molecule has 0 aliphatic rings. The maximum atomic E-state index is 6.16. The van der Waals surface area contributed by atoms with Gasteiger partial charge in [-0.05, 0) is 30.3 Å². The third-order valence-corrected chi connectivity index (χ3v) is 3.52. The molecule has 3 rings (SSSR count). The normalized spacial score (nSPS) is 11.1. The molecule has 0 saturated carbocycles. The van der Waals surface area contributed by atoms with Crippen LogP contribution in [0, 0.1) is 0 Å². The predicted molar refractivity (Wildman–Crippen MR) is 75.8 cm³/mol. The summed E-state index contributed by atoms with van der Waals surface area (Å²) in [5, 5.41) is 3.12. The van der Waals surface area contributed by atoms with E-state index in [4.69, 9.17) is 27.9 Å². The first kappa shape index (κ1) is 11.6. The summed E-state index contributed by atoms with van der Waals surface area (Å²) in [4.78, 5) is 4.55. The molecule has 0 bridgehead atoms. The minimum Gasteiger partial charge on any atom is -0.497 e. The van der Waals surface area contributed by atoms with Crippen LogP contribution in [0.5, 0.6) is 5.75 Å². The minimum absolute atomic E-state index is 0.596. The lowest BCUT2D eigenvalue weighted by atomic mass is 10.1. The van der Waals surface area contributed by atoms with Crippen molar-refractivity contribution in [2.45, 2.75) is 0 Å². The van der Waals surface area contributed by atoms with Gasteiger partial charge in [-0.25, -0.2) is 4.98 Å². The topological polar surface area (TPSA) is 22.1 Å². The summed E-state index contributed by atoms with van der Waals surface area (Å²) in [6.45, 7) is 0. The summed E-state index contributed by atoms with van der Waals surface area (Å²) in [5.41, 5.74) is 1.55. The molecule has 4 heteroatoms. The summed E-state index contributed by atoms with van der Waals surface area (Å²) in [6, 6.07) is 11.3. The molecule has 0 radical (unpaired) electrons. The van der Waals surface area contributed by atoms with Gasteiger partial charge >= 0.3 is 0 Å². The van der Waals surface area contributed by atoms with E-state index in [0.29, 0.717) is 15.6 Å². The van der Waals surface area contributed by atoms with Gasteiger partial charge in [-0.15, -0.1) is 0 Å². The second kappa shape index (κ2) is 4.30. The van der Waals surface area contributed by atoms with Crippen molar-refractivity contribution in [2.24, 2.45) is 0 Å². The van der Waals surface area contributed by atoms with Gasteiger partial charge in [-0.2, -0.15) is 0 Å². The quantitative estimate of drug-likeness (QED) is 0.602. The lowest BCUT2D eigenvalue weighted by Crippen LogP contribution is -1.87. The van der Waals surface area contributed by atoms with Crippen LogP contribution >= 0.6 is 23.2 Å². The van der Waals surface area contributed by atoms with Crippen molar-refractivity contribution < 1.29 is 4.74 Å². The molecule has 0 fully saturated rings. The summed E-state index contributed by atoms with van der Waals surface area (Å²) in [7, 11) is 1.63. The molecular formula is C14H9Cl2NO. The molecule has 0 saturated heterocycles. The molecule has 0 N–H and O–H groups in total. The van der Waals surface area contributed by atoms with Gasteiger partial charge in [0, 0.05) is 16.8 Å². The van der Waals surface area contributed by atoms with Crippen LogP contribution in [0.2, 0.25) is 10.0 Å². The van der Waals surface area contributed by atoms with Gasteiger partial charge < -0.3 is 4.74 Å². The number of rotatable bonds is 1. The highest BCUT2D eigenvalue weighted by Crippen LogP contribution is 2.31. The molecule has 0 atom stereocenters. The smallest absolute Gasteiger partial charge is 0.121 e. The summed E-state index contributed by atoms with van der Waals surface area (Å²) < 4.78 is 5.19. The highest BCUT2D eigenvalue weighted by atomic mass is 35.5. The molecule has 2 aromatic carbocycles. The monoisotopic (exact) mass is 277 g/mol. The first-order valence-electron chi connectivity index (χ1n) is 5.41. The van der Waals surface area contributed by atoms with Gasteiger partial charge in [0.25, 0.3) is 0 Å². The highest BCUT2D eigenvalue weighted by Gasteiger charge is 2.07. The Kier molecular flexibility index (Phi) is 2.77. The van der Waals surface area contributed by atoms with E-state index in [1.807, 2.05) is 24.3 Å². The second-order valence-corrected chi connectivity index (χ2v) is 4.79. The van der Waals surface area contributed by atoms with Gasteiger partial charge in [0.2, 0.25) is 0 Å². The Morgan fingerprint density at radius 1 is 1.00 bits per heavy atom. The Hall–Kier alpha value is -1.51. The minimum atomic E-state index is 0.596. The largest absolute Gasteiger partial charge is 0.497 e. The fourth-order valence-electron chi connectivity index (χ4n) is 1.95. The molecule has 0 aliphatic heterocycles. The summed E-state index contributed by atoms with van der Waals surface area (Å²) in [5.74, 6) is 0.771. The molecule has 2 nitrogen and oxygen atoms in total. The van der Waals surface area contributed by atoms with Crippen LogP contribution in [0.25, 0.3) is 21.8 Å². The van der Waals surface area contributed by atoms with Crippen LogP contribution in [-0.2, 0) is 0 Å². The van der Waals surface area contributed by atoms with Crippen molar-refractivity contribution in [3.63, 3.8) is 0 Å². The van der Waals surface area contributed by atoms with Crippen LogP contribution in [0.15, 0.2) is 36.4 Å². The third kappa shape index (κ3) is 1.78. The maximum Gasteiger partial charge on any atom is 0.121 e. The maximum absolute atomic E-state index is 6.16. The van der Waals surface area contributed by atoms with Crippen molar-refractivity contribution in [1.82, 2.24) is 4.98 Å². The van der Waals surface area contributed by atoms with Gasteiger partial charge in [-0.3, -0.25) is 0 Å². The number of nitrogens with zero attached hydrogens (tertiary/aromatic N) is 1. The van der Waals surface area contributed by atoms with E-state index in [-0.39, 0.29) is 0 Å². The number of aromatic nitrogens is 1. The molecule has 0 aliphatic carbocycles. The van der Waals surface area contributed by atoms with Gasteiger partial charge in [0.05, 0.1) is 28.2 Å². The van der Waals surface area contributed by atoms with Crippen LogP contribution in [0.4, 0.5) is 0 Å². The van der Waals surface area contributed by atoms with Crippen LogP contribution < -0.4 is 4.74 Å². The Morgan fingerprint density at radius 2 is 1.78 bits per heavy atom. The zero-order valence-electron chi connectivity index (χ0n) is 9.58. The SMILES string of the molecule is COc1ccc2cc3c(Cl)ccc(Cl)c3nc2c1. The Morgan fingerprint density at radius 3 is 2.56 bits per heavy atom. The number of halogens is 2. The standard InChI is InChI=1S/C14H9Cl2NO/c1-18-9-3-2-8-6-10-11(15)4-5-12(16)14(10)17-13(8)7-9/h2-7H,1H3. The summed E-state index contributed by atoms with van der Waals surface area (Å²) in [6.07, 6.45) is 0. The highest BCUT2D eigenvalue weighted by molar-refractivity contribution is 6.40. The first-order valence-corrected chi connectivity index (χ1v) is 6.17. The number of fused-ring (bicyclic) bond motifs is 2. The average molecular weight is 278 g/mol. The fraction of sp³-hybridized carbons (Fsp3) is 0.0714. The van der Waals surface area contributed by atoms with E-state index >= 15 is 0 Å². The Labute approximate surface area is 114 Å². The number of benzene rings is 2. The lowest BCUT2D eigenvalue weighted by molar-refractivity contribution is 0.415. The fourth-order valence-corrected chi connectivity index (χ4v) is 2.37. The van der Waals surface area contributed by atoms with Crippen molar-refractivity contribution in [1.29, 1.82) is 0 Å². The van der Waals surface area contributed by atoms with Gasteiger partial charge in [-0.1, -0.05) is 23.2 Å². The molecular weight excluding hydrogens is 269 g/mol. The molecule has 90 valence electrons. The van der Waals surface area contributed by atoms with Crippen molar-refractivity contribution in [2.75, 3.05) is 7.11 Å². The second-order valence-electron chi connectivity index (χ2n) is 3.97. The van der Waals surface area contributed by atoms with E-state index in [2.05, 4.69) is 4.98 Å². The van der Waals surface area contributed by atoms with E-state index in [9.17, 15) is 0 Å². The Balaban J connectivity index is 2.43. The zero-order chi connectivity index (χ0) is 12.7. The van der Waals surface area contributed by atoms with E-state index in [0.717, 1.165) is 22.0 Å². The zero-order valence-corrected chi connectivity index (χ0v) is 11.1. The van der Waals surface area contributed by atoms with E-state index in [1.54, 1.807) is 19.2 Å². The first-order chi connectivity index (χ1) is 8.69. The molecule has 0 spiro atoms. The number of pyridine rings is 1. The van der Waals surface area contributed by atoms with Crippen molar-refractivity contribution >= 4 is 45.0 Å². The number of methoxy groups -OCH3 is 1. The molecule has 3 aromatic rings. The molecule has 0 amide bonds. The third-order valence-electron chi connectivity index (χ3n) is 2.88. The van der Waals surface area contributed by atoms with Crippen molar-refractivity contribution in [3.8, 4) is 5.75 Å². The van der Waals surface area contributed by atoms with Crippen molar-refractivity contribution in [3.05, 3.63) is 46.4 Å². The van der Waals surface area contributed by atoms with E-state index < -0.39 is 0 Å². The predicted octanol–water partition coefficient (Wildman–Crippen LogP) is 4.70. The molecule has 0 unspecified atom stereocenters. The number of hydrogen-bond acceptors (Lipinski definition) is 2. The molecule has 1 aromatic heterocycles. The van der Waals surface area contributed by atoms with Crippen LogP contribution in [-0.4, -0.2) is 12.1 Å². The summed E-state index contributed by atoms with van der Waals surface area (Å²) >= 11 is 12.3. The van der Waals surface area contributed by atoms with E-state index in [1.165, 1.54) is 0 Å². The number of hydrogen-bond donors (Lipinski definition) is 0. The van der Waals surface area contributed by atoms with Crippen LogP contribution in [0.3, 0.4) is 0 Å². The molecule has 18 heavy (non-hydrogen) atoms. The van der Waals surface area contributed by atoms with Crippen LogP contribution in [0.1, 0.15) is 0 Å². The lowest BCUT2D eigenvalue weighted by Gasteiger charge is -2.06. The van der Waals surface area contributed by atoms with Gasteiger partial charge in [0.1, 0.15) is 5.75 Å². The Bertz CT molecular complexity index is 755.